The highest BCUT2D eigenvalue weighted by Gasteiger charge is 2.36. The van der Waals surface area contributed by atoms with Gasteiger partial charge < -0.3 is 15.1 Å². The van der Waals surface area contributed by atoms with Gasteiger partial charge in [0.1, 0.15) is 11.5 Å². The van der Waals surface area contributed by atoms with Gasteiger partial charge in [0.2, 0.25) is 5.91 Å². The molecule has 0 bridgehead atoms. The normalized spacial score (nSPS) is 21.9. The maximum absolute atomic E-state index is 12.2. The van der Waals surface area contributed by atoms with Crippen molar-refractivity contribution < 1.29 is 14.0 Å². The van der Waals surface area contributed by atoms with Crippen LogP contribution in [0.15, 0.2) is 46.9 Å². The fourth-order valence-electron chi connectivity index (χ4n) is 3.19. The second-order valence-corrected chi connectivity index (χ2v) is 6.82. The molecule has 2 N–H and O–H groups in total. The molecule has 0 spiro atoms. The standard InChI is InChI=1S/C20H21N3O3/c1-13-11-17(13)18-7-5-16(26-18)6-8-19(24)22-14-3-2-4-15(12-14)23-10-9-21-20(23)25/h2-8,12-13,17H,9-11H2,1H3,(H,21,25)(H,22,24). The van der Waals surface area contributed by atoms with Crippen molar-refractivity contribution in [2.24, 2.45) is 5.92 Å². The Bertz CT molecular complexity index is 871. The van der Waals surface area contributed by atoms with E-state index < -0.39 is 0 Å². The van der Waals surface area contributed by atoms with Gasteiger partial charge in [-0.15, -0.1) is 0 Å². The first-order valence-electron chi connectivity index (χ1n) is 8.84. The molecule has 1 aromatic heterocycles. The maximum atomic E-state index is 12.2. The summed E-state index contributed by atoms with van der Waals surface area (Å²) < 4.78 is 5.76. The molecule has 4 rings (SSSR count). The zero-order valence-corrected chi connectivity index (χ0v) is 14.6. The molecular formula is C20H21N3O3. The van der Waals surface area contributed by atoms with Crippen LogP contribution in [0.4, 0.5) is 16.2 Å². The van der Waals surface area contributed by atoms with Crippen molar-refractivity contribution in [1.29, 1.82) is 0 Å². The van der Waals surface area contributed by atoms with Crippen LogP contribution in [0, 0.1) is 5.92 Å². The van der Waals surface area contributed by atoms with E-state index >= 15 is 0 Å². The molecule has 2 aliphatic rings. The van der Waals surface area contributed by atoms with Gasteiger partial charge in [-0.2, -0.15) is 0 Å². The Morgan fingerprint density at radius 3 is 2.92 bits per heavy atom. The number of hydrogen-bond donors (Lipinski definition) is 2. The van der Waals surface area contributed by atoms with Gasteiger partial charge >= 0.3 is 6.03 Å². The molecule has 2 fully saturated rings. The van der Waals surface area contributed by atoms with Gasteiger partial charge in [0, 0.05) is 36.5 Å². The summed E-state index contributed by atoms with van der Waals surface area (Å²) in [5, 5.41) is 5.58. The second-order valence-electron chi connectivity index (χ2n) is 6.82. The Morgan fingerprint density at radius 1 is 1.35 bits per heavy atom. The first-order valence-corrected chi connectivity index (χ1v) is 8.84. The number of hydrogen-bond acceptors (Lipinski definition) is 3. The number of carbonyl (C=O) groups is 2. The Kier molecular flexibility index (Phi) is 4.24. The minimum atomic E-state index is -0.245. The van der Waals surface area contributed by atoms with Crippen LogP contribution in [0.5, 0.6) is 0 Å². The molecule has 1 saturated heterocycles. The molecule has 26 heavy (non-hydrogen) atoms. The number of carbonyl (C=O) groups excluding carboxylic acids is 2. The average Bonchev–Trinajstić information content (AvgIpc) is 3.00. The van der Waals surface area contributed by atoms with Crippen molar-refractivity contribution in [2.75, 3.05) is 23.3 Å². The molecule has 1 aliphatic carbocycles. The van der Waals surface area contributed by atoms with Crippen LogP contribution < -0.4 is 15.5 Å². The van der Waals surface area contributed by atoms with Gasteiger partial charge in [0.05, 0.1) is 0 Å². The van der Waals surface area contributed by atoms with E-state index in [0.717, 1.165) is 11.4 Å². The quantitative estimate of drug-likeness (QED) is 0.809. The van der Waals surface area contributed by atoms with E-state index in [2.05, 4.69) is 17.6 Å². The molecule has 6 heteroatoms. The molecule has 2 aromatic rings. The number of amides is 3. The van der Waals surface area contributed by atoms with Crippen molar-refractivity contribution >= 4 is 29.4 Å². The zero-order valence-electron chi connectivity index (χ0n) is 14.6. The van der Waals surface area contributed by atoms with Crippen LogP contribution in [0.1, 0.15) is 30.8 Å². The van der Waals surface area contributed by atoms with E-state index in [1.165, 1.54) is 12.5 Å². The third-order valence-electron chi connectivity index (χ3n) is 4.80. The smallest absolute Gasteiger partial charge is 0.321 e. The van der Waals surface area contributed by atoms with E-state index in [4.69, 9.17) is 4.42 Å². The predicted octanol–water partition coefficient (Wildman–Crippen LogP) is 3.58. The van der Waals surface area contributed by atoms with E-state index in [-0.39, 0.29) is 11.9 Å². The highest BCUT2D eigenvalue weighted by atomic mass is 16.3. The van der Waals surface area contributed by atoms with E-state index in [1.807, 2.05) is 24.3 Å². The van der Waals surface area contributed by atoms with Crippen molar-refractivity contribution in [2.45, 2.75) is 19.3 Å². The summed E-state index contributed by atoms with van der Waals surface area (Å²) >= 11 is 0. The van der Waals surface area contributed by atoms with E-state index in [9.17, 15) is 9.59 Å². The molecule has 1 saturated carbocycles. The van der Waals surface area contributed by atoms with E-state index in [1.54, 1.807) is 23.1 Å². The van der Waals surface area contributed by atoms with Crippen LogP contribution in [-0.4, -0.2) is 25.0 Å². The molecule has 134 valence electrons. The maximum Gasteiger partial charge on any atom is 0.321 e. The minimum absolute atomic E-state index is 0.119. The van der Waals surface area contributed by atoms with Crippen molar-refractivity contribution in [3.63, 3.8) is 0 Å². The summed E-state index contributed by atoms with van der Waals surface area (Å²) in [5.74, 6) is 2.64. The largest absolute Gasteiger partial charge is 0.461 e. The zero-order chi connectivity index (χ0) is 18.1. The highest BCUT2D eigenvalue weighted by molar-refractivity contribution is 6.02. The topological polar surface area (TPSA) is 74.6 Å². The van der Waals surface area contributed by atoms with Crippen LogP contribution in [0.25, 0.3) is 6.08 Å². The van der Waals surface area contributed by atoms with Crippen LogP contribution in [0.3, 0.4) is 0 Å². The number of urea groups is 1. The van der Waals surface area contributed by atoms with Gasteiger partial charge in [-0.25, -0.2) is 4.79 Å². The average molecular weight is 351 g/mol. The molecule has 2 unspecified atom stereocenters. The summed E-state index contributed by atoms with van der Waals surface area (Å²) in [5.41, 5.74) is 1.40. The van der Waals surface area contributed by atoms with Crippen LogP contribution in [0.2, 0.25) is 0 Å². The summed E-state index contributed by atoms with van der Waals surface area (Å²) in [6.45, 7) is 3.45. The van der Waals surface area contributed by atoms with Gasteiger partial charge in [0.25, 0.3) is 0 Å². The molecule has 3 amide bonds. The summed E-state index contributed by atoms with van der Waals surface area (Å²) in [7, 11) is 0. The fraction of sp³-hybridized carbons (Fsp3) is 0.300. The number of furan rings is 1. The van der Waals surface area contributed by atoms with Gasteiger partial charge in [-0.3, -0.25) is 9.69 Å². The summed E-state index contributed by atoms with van der Waals surface area (Å²) in [4.78, 5) is 25.6. The number of benzene rings is 1. The fourth-order valence-corrected chi connectivity index (χ4v) is 3.19. The monoisotopic (exact) mass is 351 g/mol. The lowest BCUT2D eigenvalue weighted by molar-refractivity contribution is -0.111. The molecule has 0 radical (unpaired) electrons. The molecule has 1 aliphatic heterocycles. The lowest BCUT2D eigenvalue weighted by Crippen LogP contribution is -2.27. The third-order valence-corrected chi connectivity index (χ3v) is 4.80. The number of anilines is 2. The van der Waals surface area contributed by atoms with Gasteiger partial charge in [-0.05, 0) is 48.7 Å². The predicted molar refractivity (Wildman–Crippen MR) is 100 cm³/mol. The Labute approximate surface area is 151 Å². The lowest BCUT2D eigenvalue weighted by atomic mass is 10.2. The SMILES string of the molecule is CC1CC1c1ccc(C=CC(=O)Nc2cccc(N3CCNC3=O)c2)o1. The van der Waals surface area contributed by atoms with Crippen molar-refractivity contribution in [3.05, 3.63) is 54.0 Å². The molecule has 1 aromatic carbocycles. The van der Waals surface area contributed by atoms with Crippen molar-refractivity contribution in [3.8, 4) is 0 Å². The van der Waals surface area contributed by atoms with Crippen molar-refractivity contribution in [1.82, 2.24) is 5.32 Å². The Balaban J connectivity index is 1.38. The Hall–Kier alpha value is -3.02. The van der Waals surface area contributed by atoms with Crippen LogP contribution in [-0.2, 0) is 4.79 Å². The van der Waals surface area contributed by atoms with Gasteiger partial charge in [0.15, 0.2) is 0 Å². The lowest BCUT2D eigenvalue weighted by Gasteiger charge is -2.15. The van der Waals surface area contributed by atoms with E-state index in [0.29, 0.717) is 36.4 Å². The highest BCUT2D eigenvalue weighted by Crippen LogP contribution is 2.47. The molecule has 2 atom stereocenters. The van der Waals surface area contributed by atoms with Crippen LogP contribution >= 0.6 is 0 Å². The van der Waals surface area contributed by atoms with Gasteiger partial charge in [-0.1, -0.05) is 13.0 Å². The molecule has 2 heterocycles. The third kappa shape index (κ3) is 3.49. The first kappa shape index (κ1) is 16.4. The first-order chi connectivity index (χ1) is 12.6. The second kappa shape index (κ2) is 6.71. The number of nitrogens with one attached hydrogen (secondary N) is 2. The molecular weight excluding hydrogens is 330 g/mol. The minimum Gasteiger partial charge on any atom is -0.461 e. The Morgan fingerprint density at radius 2 is 2.19 bits per heavy atom. The molecule has 6 nitrogen and oxygen atoms in total. The number of rotatable bonds is 5. The number of nitrogens with zero attached hydrogens (tertiary/aromatic N) is 1. The summed E-state index contributed by atoms with van der Waals surface area (Å²) in [6.07, 6.45) is 4.29. The summed E-state index contributed by atoms with van der Waals surface area (Å²) in [6, 6.07) is 11.0.